The molecule has 2 rings (SSSR count). The minimum absolute atomic E-state index is 0.221. The number of carbonyl (C=O) groups is 1. The molecule has 0 saturated carbocycles. The van der Waals surface area contributed by atoms with Crippen LogP contribution in [0.5, 0.6) is 5.75 Å². The first-order chi connectivity index (χ1) is 9.61. The summed E-state index contributed by atoms with van der Waals surface area (Å²) in [5.41, 5.74) is 1.12. The lowest BCUT2D eigenvalue weighted by Crippen LogP contribution is -2.12. The molecule has 0 saturated heterocycles. The molecule has 0 aromatic heterocycles. The molecule has 5 heteroatoms. The van der Waals surface area contributed by atoms with Crippen LogP contribution < -0.4 is 10.1 Å². The van der Waals surface area contributed by atoms with Crippen molar-refractivity contribution in [2.24, 2.45) is 0 Å². The van der Waals surface area contributed by atoms with E-state index in [4.69, 9.17) is 16.3 Å². The highest BCUT2D eigenvalue weighted by Crippen LogP contribution is 2.27. The van der Waals surface area contributed by atoms with Gasteiger partial charge in [0, 0.05) is 5.56 Å². The van der Waals surface area contributed by atoms with E-state index in [1.54, 1.807) is 30.3 Å². The third kappa shape index (κ3) is 3.52. The van der Waals surface area contributed by atoms with Gasteiger partial charge in [0.05, 0.1) is 21.8 Å². The normalized spacial score (nSPS) is 10.2. The third-order valence-electron chi connectivity index (χ3n) is 2.62. The zero-order valence-corrected chi connectivity index (χ0v) is 13.2. The van der Waals surface area contributed by atoms with Crippen molar-refractivity contribution < 1.29 is 9.53 Å². The van der Waals surface area contributed by atoms with Crippen molar-refractivity contribution in [3.05, 3.63) is 57.5 Å². The van der Waals surface area contributed by atoms with Gasteiger partial charge in [-0.1, -0.05) is 23.7 Å². The Hall–Kier alpha value is -1.52. The van der Waals surface area contributed by atoms with Crippen molar-refractivity contribution >= 4 is 39.1 Å². The standard InChI is InChI=1S/C15H13BrClNO2/c1-2-20-14-8-7-10(9-11(14)16)15(19)18-13-6-4-3-5-12(13)17/h3-9H,2H2,1H3,(H,18,19). The average molecular weight is 355 g/mol. The molecule has 0 aliphatic carbocycles. The van der Waals surface area contributed by atoms with Gasteiger partial charge in [0.2, 0.25) is 0 Å². The highest BCUT2D eigenvalue weighted by Gasteiger charge is 2.10. The SMILES string of the molecule is CCOc1ccc(C(=O)Nc2ccccc2Cl)cc1Br. The number of nitrogens with one attached hydrogen (secondary N) is 1. The van der Waals surface area contributed by atoms with Gasteiger partial charge in [-0.05, 0) is 53.2 Å². The van der Waals surface area contributed by atoms with Crippen LogP contribution in [0, 0.1) is 0 Å². The van der Waals surface area contributed by atoms with E-state index in [0.29, 0.717) is 28.6 Å². The van der Waals surface area contributed by atoms with Crippen LogP contribution in [0.4, 0.5) is 5.69 Å². The Morgan fingerprint density at radius 3 is 2.70 bits per heavy atom. The number of amides is 1. The van der Waals surface area contributed by atoms with E-state index in [-0.39, 0.29) is 5.91 Å². The maximum absolute atomic E-state index is 12.2. The maximum Gasteiger partial charge on any atom is 0.255 e. The van der Waals surface area contributed by atoms with E-state index in [0.717, 1.165) is 4.47 Å². The van der Waals surface area contributed by atoms with Crippen molar-refractivity contribution in [3.8, 4) is 5.75 Å². The number of carbonyl (C=O) groups excluding carboxylic acids is 1. The molecule has 0 aliphatic heterocycles. The second-order valence-corrected chi connectivity index (χ2v) is 5.27. The molecule has 0 radical (unpaired) electrons. The molecule has 0 atom stereocenters. The summed E-state index contributed by atoms with van der Waals surface area (Å²) < 4.78 is 6.15. The second kappa shape index (κ2) is 6.77. The quantitative estimate of drug-likeness (QED) is 0.860. The van der Waals surface area contributed by atoms with Gasteiger partial charge in [0.25, 0.3) is 5.91 Å². The number of rotatable bonds is 4. The summed E-state index contributed by atoms with van der Waals surface area (Å²) in [6, 6.07) is 12.3. The summed E-state index contributed by atoms with van der Waals surface area (Å²) in [4.78, 5) is 12.2. The molecule has 0 aliphatic rings. The molecule has 1 amide bonds. The smallest absolute Gasteiger partial charge is 0.255 e. The third-order valence-corrected chi connectivity index (χ3v) is 3.57. The fourth-order valence-corrected chi connectivity index (χ4v) is 2.35. The van der Waals surface area contributed by atoms with Crippen molar-refractivity contribution in [3.63, 3.8) is 0 Å². The average Bonchev–Trinajstić information content (AvgIpc) is 2.43. The Labute approximate surface area is 131 Å². The number of hydrogen-bond donors (Lipinski definition) is 1. The van der Waals surface area contributed by atoms with E-state index in [1.807, 2.05) is 19.1 Å². The number of hydrogen-bond acceptors (Lipinski definition) is 2. The summed E-state index contributed by atoms with van der Waals surface area (Å²) >= 11 is 9.39. The molecule has 2 aromatic carbocycles. The van der Waals surface area contributed by atoms with Crippen LogP contribution in [0.1, 0.15) is 17.3 Å². The lowest BCUT2D eigenvalue weighted by Gasteiger charge is -2.09. The van der Waals surface area contributed by atoms with Gasteiger partial charge < -0.3 is 10.1 Å². The van der Waals surface area contributed by atoms with E-state index in [9.17, 15) is 4.79 Å². The van der Waals surface area contributed by atoms with Crippen LogP contribution in [0.3, 0.4) is 0 Å². The Bertz CT molecular complexity index is 631. The summed E-state index contributed by atoms with van der Waals surface area (Å²) in [7, 11) is 0. The summed E-state index contributed by atoms with van der Waals surface area (Å²) in [6.45, 7) is 2.48. The van der Waals surface area contributed by atoms with Crippen molar-refractivity contribution in [1.82, 2.24) is 0 Å². The van der Waals surface area contributed by atoms with E-state index in [2.05, 4.69) is 21.2 Å². The molecular formula is C15H13BrClNO2. The Kier molecular flexibility index (Phi) is 5.04. The van der Waals surface area contributed by atoms with Crippen LogP contribution in [0.2, 0.25) is 5.02 Å². The Balaban J connectivity index is 2.18. The number of anilines is 1. The number of halogens is 2. The first-order valence-electron chi connectivity index (χ1n) is 6.10. The lowest BCUT2D eigenvalue weighted by molar-refractivity contribution is 0.102. The fraction of sp³-hybridized carbons (Fsp3) is 0.133. The predicted molar refractivity (Wildman–Crippen MR) is 84.7 cm³/mol. The van der Waals surface area contributed by atoms with Gasteiger partial charge in [-0.25, -0.2) is 0 Å². The van der Waals surface area contributed by atoms with Crippen molar-refractivity contribution in [2.75, 3.05) is 11.9 Å². The first-order valence-corrected chi connectivity index (χ1v) is 7.27. The van der Waals surface area contributed by atoms with Gasteiger partial charge in [0.1, 0.15) is 5.75 Å². The fourth-order valence-electron chi connectivity index (χ4n) is 1.67. The zero-order chi connectivity index (χ0) is 14.5. The predicted octanol–water partition coefficient (Wildman–Crippen LogP) is 4.75. The minimum Gasteiger partial charge on any atom is -0.493 e. The van der Waals surface area contributed by atoms with E-state index >= 15 is 0 Å². The van der Waals surface area contributed by atoms with E-state index < -0.39 is 0 Å². The topological polar surface area (TPSA) is 38.3 Å². The lowest BCUT2D eigenvalue weighted by atomic mass is 10.2. The molecule has 1 N–H and O–H groups in total. The van der Waals surface area contributed by atoms with Crippen molar-refractivity contribution in [1.29, 1.82) is 0 Å². The summed E-state index contributed by atoms with van der Waals surface area (Å²) in [5.74, 6) is 0.489. The van der Waals surface area contributed by atoms with Crippen LogP contribution in [0.25, 0.3) is 0 Å². The molecular weight excluding hydrogens is 342 g/mol. The largest absolute Gasteiger partial charge is 0.493 e. The van der Waals surface area contributed by atoms with Crippen LogP contribution >= 0.6 is 27.5 Å². The summed E-state index contributed by atoms with van der Waals surface area (Å²) in [5, 5.41) is 3.28. The number of benzene rings is 2. The number of ether oxygens (including phenoxy) is 1. The molecule has 0 bridgehead atoms. The molecule has 20 heavy (non-hydrogen) atoms. The minimum atomic E-state index is -0.221. The van der Waals surface area contributed by atoms with Gasteiger partial charge >= 0.3 is 0 Å². The highest BCUT2D eigenvalue weighted by atomic mass is 79.9. The van der Waals surface area contributed by atoms with Crippen LogP contribution in [-0.4, -0.2) is 12.5 Å². The maximum atomic E-state index is 12.2. The monoisotopic (exact) mass is 353 g/mol. The highest BCUT2D eigenvalue weighted by molar-refractivity contribution is 9.10. The van der Waals surface area contributed by atoms with Crippen LogP contribution in [-0.2, 0) is 0 Å². The van der Waals surface area contributed by atoms with Gasteiger partial charge in [0.15, 0.2) is 0 Å². The van der Waals surface area contributed by atoms with Gasteiger partial charge in [-0.2, -0.15) is 0 Å². The molecule has 0 fully saturated rings. The Morgan fingerprint density at radius 2 is 2.05 bits per heavy atom. The molecule has 0 spiro atoms. The second-order valence-electron chi connectivity index (χ2n) is 4.01. The molecule has 0 heterocycles. The van der Waals surface area contributed by atoms with E-state index in [1.165, 1.54) is 0 Å². The molecule has 104 valence electrons. The zero-order valence-electron chi connectivity index (χ0n) is 10.8. The van der Waals surface area contributed by atoms with Gasteiger partial charge in [-0.15, -0.1) is 0 Å². The van der Waals surface area contributed by atoms with Gasteiger partial charge in [-0.3, -0.25) is 4.79 Å². The molecule has 3 nitrogen and oxygen atoms in total. The first kappa shape index (κ1) is 14.9. The van der Waals surface area contributed by atoms with Crippen LogP contribution in [0.15, 0.2) is 46.9 Å². The molecule has 0 unspecified atom stereocenters. The number of para-hydroxylation sites is 1. The Morgan fingerprint density at radius 1 is 1.30 bits per heavy atom. The summed E-state index contributed by atoms with van der Waals surface area (Å²) in [6.07, 6.45) is 0. The van der Waals surface area contributed by atoms with Crippen molar-refractivity contribution in [2.45, 2.75) is 6.92 Å². The molecule has 2 aromatic rings.